The lowest BCUT2D eigenvalue weighted by molar-refractivity contribution is 0.100. The number of aromatic nitrogens is 2. The van der Waals surface area contributed by atoms with Crippen molar-refractivity contribution in [3.8, 4) is 11.1 Å². The summed E-state index contributed by atoms with van der Waals surface area (Å²) in [6.45, 7) is 0. The zero-order valence-electron chi connectivity index (χ0n) is 9.55. The molecule has 2 aromatic carbocycles. The van der Waals surface area contributed by atoms with Crippen LogP contribution in [0.25, 0.3) is 22.0 Å². The number of hydrogen-bond donors (Lipinski definition) is 2. The van der Waals surface area contributed by atoms with Crippen LogP contribution < -0.4 is 5.73 Å². The van der Waals surface area contributed by atoms with Crippen molar-refractivity contribution < 1.29 is 4.79 Å². The van der Waals surface area contributed by atoms with Gasteiger partial charge in [0.05, 0.1) is 11.7 Å². The molecule has 0 fully saturated rings. The molecule has 3 N–H and O–H groups in total. The minimum absolute atomic E-state index is 0.416. The highest BCUT2D eigenvalue weighted by Crippen LogP contribution is 2.24. The number of carbonyl (C=O) groups excluding carboxylic acids is 1. The van der Waals surface area contributed by atoms with Gasteiger partial charge < -0.3 is 5.73 Å². The van der Waals surface area contributed by atoms with Crippen LogP contribution in [0, 0.1) is 0 Å². The standard InChI is InChI=1S/C14H11N3O/c15-14(18)11-3-1-2-9(6-11)10-4-5-13-12(7-10)8-16-17-13/h1-8H,(H2,15,18)(H,16,17). The molecule has 0 atom stereocenters. The Morgan fingerprint density at radius 3 is 2.78 bits per heavy atom. The van der Waals surface area contributed by atoms with Crippen LogP contribution in [0.3, 0.4) is 0 Å². The molecule has 1 heterocycles. The summed E-state index contributed by atoms with van der Waals surface area (Å²) in [5.74, 6) is -0.416. The summed E-state index contributed by atoms with van der Waals surface area (Å²) < 4.78 is 0. The van der Waals surface area contributed by atoms with E-state index < -0.39 is 5.91 Å². The molecular weight excluding hydrogens is 226 g/mol. The highest BCUT2D eigenvalue weighted by Gasteiger charge is 2.04. The van der Waals surface area contributed by atoms with Crippen molar-refractivity contribution in [3.63, 3.8) is 0 Å². The molecule has 0 spiro atoms. The zero-order chi connectivity index (χ0) is 12.5. The van der Waals surface area contributed by atoms with Gasteiger partial charge in [-0.3, -0.25) is 9.89 Å². The van der Waals surface area contributed by atoms with Gasteiger partial charge >= 0.3 is 0 Å². The second-order valence-corrected chi connectivity index (χ2v) is 4.12. The van der Waals surface area contributed by atoms with E-state index >= 15 is 0 Å². The molecule has 1 aromatic heterocycles. The van der Waals surface area contributed by atoms with Crippen LogP contribution in [0.1, 0.15) is 10.4 Å². The Morgan fingerprint density at radius 1 is 1.11 bits per heavy atom. The van der Waals surface area contributed by atoms with E-state index in [9.17, 15) is 4.79 Å². The molecule has 0 unspecified atom stereocenters. The largest absolute Gasteiger partial charge is 0.366 e. The maximum atomic E-state index is 11.2. The van der Waals surface area contributed by atoms with Crippen LogP contribution in [0.5, 0.6) is 0 Å². The number of fused-ring (bicyclic) bond motifs is 1. The van der Waals surface area contributed by atoms with Crippen molar-refractivity contribution >= 4 is 16.8 Å². The van der Waals surface area contributed by atoms with E-state index in [1.54, 1.807) is 18.3 Å². The van der Waals surface area contributed by atoms with Gasteiger partial charge in [-0.05, 0) is 35.4 Å². The number of primary amides is 1. The van der Waals surface area contributed by atoms with E-state index in [2.05, 4.69) is 10.2 Å². The first kappa shape index (κ1) is 10.5. The minimum Gasteiger partial charge on any atom is -0.366 e. The first-order valence-electron chi connectivity index (χ1n) is 5.57. The number of rotatable bonds is 2. The number of carbonyl (C=O) groups is 1. The summed E-state index contributed by atoms with van der Waals surface area (Å²) in [5, 5.41) is 7.93. The highest BCUT2D eigenvalue weighted by molar-refractivity contribution is 5.94. The number of nitrogens with two attached hydrogens (primary N) is 1. The topological polar surface area (TPSA) is 71.8 Å². The third-order valence-corrected chi connectivity index (χ3v) is 2.92. The number of aromatic amines is 1. The maximum Gasteiger partial charge on any atom is 0.248 e. The molecule has 0 aliphatic heterocycles. The predicted molar refractivity (Wildman–Crippen MR) is 70.0 cm³/mol. The maximum absolute atomic E-state index is 11.2. The number of amides is 1. The Balaban J connectivity index is 2.13. The molecule has 18 heavy (non-hydrogen) atoms. The number of H-pyrrole nitrogens is 1. The molecule has 0 saturated heterocycles. The second kappa shape index (κ2) is 4.00. The molecule has 4 nitrogen and oxygen atoms in total. The van der Waals surface area contributed by atoms with E-state index in [1.165, 1.54) is 0 Å². The van der Waals surface area contributed by atoms with Gasteiger partial charge in [0.15, 0.2) is 0 Å². The average Bonchev–Trinajstić information content (AvgIpc) is 2.86. The van der Waals surface area contributed by atoms with Gasteiger partial charge in [-0.15, -0.1) is 0 Å². The SMILES string of the molecule is NC(=O)c1cccc(-c2ccc3[nH]ncc3c2)c1. The van der Waals surface area contributed by atoms with Crippen molar-refractivity contribution in [1.82, 2.24) is 10.2 Å². The molecule has 1 amide bonds. The van der Waals surface area contributed by atoms with E-state index in [4.69, 9.17) is 5.73 Å². The Morgan fingerprint density at radius 2 is 1.94 bits per heavy atom. The third kappa shape index (κ3) is 1.73. The lowest BCUT2D eigenvalue weighted by Gasteiger charge is -2.03. The smallest absolute Gasteiger partial charge is 0.248 e. The molecule has 0 bridgehead atoms. The molecular formula is C14H11N3O. The van der Waals surface area contributed by atoms with Crippen LogP contribution in [0.2, 0.25) is 0 Å². The Bertz CT molecular complexity index is 730. The summed E-state index contributed by atoms with van der Waals surface area (Å²) in [7, 11) is 0. The minimum atomic E-state index is -0.416. The molecule has 0 saturated carbocycles. The summed E-state index contributed by atoms with van der Waals surface area (Å²) in [5.41, 5.74) is 8.79. The van der Waals surface area contributed by atoms with Crippen molar-refractivity contribution in [1.29, 1.82) is 0 Å². The number of hydrogen-bond acceptors (Lipinski definition) is 2. The predicted octanol–water partition coefficient (Wildman–Crippen LogP) is 2.33. The molecule has 0 aliphatic rings. The lowest BCUT2D eigenvalue weighted by Crippen LogP contribution is -2.10. The van der Waals surface area contributed by atoms with E-state index in [0.29, 0.717) is 5.56 Å². The van der Waals surface area contributed by atoms with E-state index in [-0.39, 0.29) is 0 Å². The van der Waals surface area contributed by atoms with Gasteiger partial charge in [-0.25, -0.2) is 0 Å². The summed E-state index contributed by atoms with van der Waals surface area (Å²) in [4.78, 5) is 11.2. The summed E-state index contributed by atoms with van der Waals surface area (Å²) in [6.07, 6.45) is 1.77. The quantitative estimate of drug-likeness (QED) is 0.718. The summed E-state index contributed by atoms with van der Waals surface area (Å²) in [6, 6.07) is 13.3. The Labute approximate surface area is 103 Å². The molecule has 4 heteroatoms. The molecule has 0 radical (unpaired) electrons. The van der Waals surface area contributed by atoms with Gasteiger partial charge in [0.2, 0.25) is 5.91 Å². The third-order valence-electron chi connectivity index (χ3n) is 2.92. The first-order valence-corrected chi connectivity index (χ1v) is 5.57. The fourth-order valence-corrected chi connectivity index (χ4v) is 1.97. The van der Waals surface area contributed by atoms with Crippen LogP contribution in [0.15, 0.2) is 48.7 Å². The van der Waals surface area contributed by atoms with Gasteiger partial charge in [0.1, 0.15) is 0 Å². The molecule has 0 aliphatic carbocycles. The molecule has 3 rings (SSSR count). The van der Waals surface area contributed by atoms with Crippen LogP contribution in [-0.4, -0.2) is 16.1 Å². The fourth-order valence-electron chi connectivity index (χ4n) is 1.97. The monoisotopic (exact) mass is 237 g/mol. The number of benzene rings is 2. The normalized spacial score (nSPS) is 10.7. The van der Waals surface area contributed by atoms with Crippen LogP contribution in [-0.2, 0) is 0 Å². The van der Waals surface area contributed by atoms with Gasteiger partial charge in [-0.1, -0.05) is 18.2 Å². The zero-order valence-corrected chi connectivity index (χ0v) is 9.55. The fraction of sp³-hybridized carbons (Fsp3) is 0. The lowest BCUT2D eigenvalue weighted by atomic mass is 10.0. The number of nitrogens with zero attached hydrogens (tertiary/aromatic N) is 1. The Hall–Kier alpha value is -2.62. The number of nitrogens with one attached hydrogen (secondary N) is 1. The Kier molecular flexibility index (Phi) is 2.34. The highest BCUT2D eigenvalue weighted by atomic mass is 16.1. The second-order valence-electron chi connectivity index (χ2n) is 4.12. The van der Waals surface area contributed by atoms with Gasteiger partial charge in [0, 0.05) is 10.9 Å². The molecule has 88 valence electrons. The van der Waals surface area contributed by atoms with Crippen LogP contribution >= 0.6 is 0 Å². The van der Waals surface area contributed by atoms with Crippen molar-refractivity contribution in [3.05, 3.63) is 54.2 Å². The van der Waals surface area contributed by atoms with Crippen molar-refractivity contribution in [2.45, 2.75) is 0 Å². The molecule has 3 aromatic rings. The first-order chi connectivity index (χ1) is 8.74. The average molecular weight is 237 g/mol. The summed E-state index contributed by atoms with van der Waals surface area (Å²) >= 11 is 0. The van der Waals surface area contributed by atoms with Gasteiger partial charge in [-0.2, -0.15) is 5.10 Å². The van der Waals surface area contributed by atoms with Crippen molar-refractivity contribution in [2.75, 3.05) is 0 Å². The van der Waals surface area contributed by atoms with E-state index in [1.807, 2.05) is 30.3 Å². The van der Waals surface area contributed by atoms with Crippen LogP contribution in [0.4, 0.5) is 0 Å². The van der Waals surface area contributed by atoms with Crippen molar-refractivity contribution in [2.24, 2.45) is 5.73 Å². The van der Waals surface area contributed by atoms with Gasteiger partial charge in [0.25, 0.3) is 0 Å². The van der Waals surface area contributed by atoms with E-state index in [0.717, 1.165) is 22.0 Å².